The Kier molecular flexibility index (Phi) is 3.36. The van der Waals surface area contributed by atoms with Gasteiger partial charge in [-0.05, 0) is 37.5 Å². The van der Waals surface area contributed by atoms with E-state index in [0.29, 0.717) is 0 Å². The molecule has 1 aromatic carbocycles. The second kappa shape index (κ2) is 5.04. The SMILES string of the molecule is CC1(O)CCN(c2cc(CO)c3ccccc3n2)CC1. The van der Waals surface area contributed by atoms with Gasteiger partial charge in [0, 0.05) is 18.5 Å². The van der Waals surface area contributed by atoms with Gasteiger partial charge in [-0.25, -0.2) is 4.98 Å². The van der Waals surface area contributed by atoms with Gasteiger partial charge in [-0.3, -0.25) is 0 Å². The van der Waals surface area contributed by atoms with Crippen molar-refractivity contribution < 1.29 is 10.2 Å². The van der Waals surface area contributed by atoms with Crippen LogP contribution in [0.1, 0.15) is 25.3 Å². The summed E-state index contributed by atoms with van der Waals surface area (Å²) in [5, 5.41) is 20.6. The minimum Gasteiger partial charge on any atom is -0.392 e. The molecule has 0 saturated carbocycles. The summed E-state index contributed by atoms with van der Waals surface area (Å²) >= 11 is 0. The van der Waals surface area contributed by atoms with Crippen molar-refractivity contribution in [1.82, 2.24) is 4.98 Å². The molecule has 2 N–H and O–H groups in total. The number of nitrogens with zero attached hydrogens (tertiary/aromatic N) is 2. The Morgan fingerprint density at radius 1 is 1.25 bits per heavy atom. The monoisotopic (exact) mass is 272 g/mol. The maximum absolute atomic E-state index is 10.0. The standard InChI is InChI=1S/C16H20N2O2/c1-16(20)6-8-18(9-7-16)15-10-12(11-19)13-4-2-3-5-14(13)17-15/h2-5,10,19-20H,6-9,11H2,1H3. The molecule has 4 nitrogen and oxygen atoms in total. The molecule has 1 saturated heterocycles. The first-order chi connectivity index (χ1) is 9.59. The Bertz CT molecular complexity index is 615. The van der Waals surface area contributed by atoms with Crippen LogP contribution in [0.15, 0.2) is 30.3 Å². The zero-order valence-electron chi connectivity index (χ0n) is 11.7. The molecule has 0 amide bonds. The number of hydrogen-bond acceptors (Lipinski definition) is 4. The van der Waals surface area contributed by atoms with E-state index in [1.54, 1.807) is 0 Å². The van der Waals surface area contributed by atoms with Gasteiger partial charge >= 0.3 is 0 Å². The van der Waals surface area contributed by atoms with Crippen LogP contribution in [-0.2, 0) is 6.61 Å². The van der Waals surface area contributed by atoms with Crippen molar-refractivity contribution in [2.24, 2.45) is 0 Å². The number of aliphatic hydroxyl groups excluding tert-OH is 1. The van der Waals surface area contributed by atoms with Crippen molar-refractivity contribution in [2.45, 2.75) is 32.0 Å². The highest BCUT2D eigenvalue weighted by molar-refractivity contribution is 5.84. The minimum atomic E-state index is -0.562. The van der Waals surface area contributed by atoms with E-state index in [1.807, 2.05) is 37.3 Å². The smallest absolute Gasteiger partial charge is 0.129 e. The number of aliphatic hydroxyl groups is 2. The lowest BCUT2D eigenvalue weighted by molar-refractivity contribution is 0.0350. The molecule has 0 aliphatic carbocycles. The Labute approximate surface area is 118 Å². The van der Waals surface area contributed by atoms with Gasteiger partial charge in [0.25, 0.3) is 0 Å². The number of hydrogen-bond donors (Lipinski definition) is 2. The van der Waals surface area contributed by atoms with Crippen LogP contribution < -0.4 is 4.90 Å². The molecule has 0 spiro atoms. The van der Waals surface area contributed by atoms with Crippen LogP contribution in [0.5, 0.6) is 0 Å². The fourth-order valence-corrected chi connectivity index (χ4v) is 2.74. The summed E-state index contributed by atoms with van der Waals surface area (Å²) in [6.07, 6.45) is 1.49. The van der Waals surface area contributed by atoms with E-state index in [2.05, 4.69) is 9.88 Å². The number of piperidine rings is 1. The van der Waals surface area contributed by atoms with Crippen LogP contribution in [0.25, 0.3) is 10.9 Å². The molecule has 4 heteroatoms. The molecular formula is C16H20N2O2. The van der Waals surface area contributed by atoms with Crippen LogP contribution in [0.2, 0.25) is 0 Å². The maximum atomic E-state index is 10.0. The quantitative estimate of drug-likeness (QED) is 0.879. The lowest BCUT2D eigenvalue weighted by Gasteiger charge is -2.36. The molecule has 20 heavy (non-hydrogen) atoms. The molecule has 2 heterocycles. The molecule has 0 radical (unpaired) electrons. The van der Waals surface area contributed by atoms with E-state index < -0.39 is 5.60 Å². The molecule has 1 aliphatic rings. The molecule has 0 atom stereocenters. The Balaban J connectivity index is 1.96. The highest BCUT2D eigenvalue weighted by Crippen LogP contribution is 2.28. The molecule has 1 fully saturated rings. The zero-order chi connectivity index (χ0) is 14.2. The van der Waals surface area contributed by atoms with Crippen molar-refractivity contribution in [3.63, 3.8) is 0 Å². The largest absolute Gasteiger partial charge is 0.392 e. The summed E-state index contributed by atoms with van der Waals surface area (Å²) in [6.45, 7) is 3.49. The topological polar surface area (TPSA) is 56.6 Å². The second-order valence-electron chi connectivity index (χ2n) is 5.80. The number of benzene rings is 1. The van der Waals surface area contributed by atoms with Crippen LogP contribution in [0, 0.1) is 0 Å². The third kappa shape index (κ3) is 2.49. The van der Waals surface area contributed by atoms with Crippen molar-refractivity contribution in [3.8, 4) is 0 Å². The van der Waals surface area contributed by atoms with E-state index in [9.17, 15) is 10.2 Å². The van der Waals surface area contributed by atoms with Crippen molar-refractivity contribution in [3.05, 3.63) is 35.9 Å². The van der Waals surface area contributed by atoms with Crippen LogP contribution in [-0.4, -0.2) is 33.9 Å². The van der Waals surface area contributed by atoms with Gasteiger partial charge < -0.3 is 15.1 Å². The molecule has 2 aromatic rings. The first-order valence-corrected chi connectivity index (χ1v) is 7.06. The molecular weight excluding hydrogens is 252 g/mol. The normalized spacial score (nSPS) is 18.4. The van der Waals surface area contributed by atoms with E-state index >= 15 is 0 Å². The lowest BCUT2D eigenvalue weighted by Crippen LogP contribution is -2.42. The summed E-state index contributed by atoms with van der Waals surface area (Å²) in [5.41, 5.74) is 1.25. The fourth-order valence-electron chi connectivity index (χ4n) is 2.74. The number of rotatable bonds is 2. The second-order valence-corrected chi connectivity index (χ2v) is 5.80. The third-order valence-electron chi connectivity index (χ3n) is 4.12. The molecule has 3 rings (SSSR count). The Morgan fingerprint density at radius 3 is 2.65 bits per heavy atom. The number of pyridine rings is 1. The fraction of sp³-hybridized carbons (Fsp3) is 0.438. The summed E-state index contributed by atoms with van der Waals surface area (Å²) < 4.78 is 0. The van der Waals surface area contributed by atoms with Gasteiger partial charge in [0.1, 0.15) is 5.82 Å². The van der Waals surface area contributed by atoms with Crippen molar-refractivity contribution in [1.29, 1.82) is 0 Å². The molecule has 106 valence electrons. The number of aromatic nitrogens is 1. The van der Waals surface area contributed by atoms with E-state index in [4.69, 9.17) is 0 Å². The summed E-state index contributed by atoms with van der Waals surface area (Å²) in [4.78, 5) is 6.87. The van der Waals surface area contributed by atoms with Crippen LogP contribution in [0.4, 0.5) is 5.82 Å². The number of para-hydroxylation sites is 1. The average Bonchev–Trinajstić information content (AvgIpc) is 2.46. The Morgan fingerprint density at radius 2 is 1.95 bits per heavy atom. The van der Waals surface area contributed by atoms with Crippen LogP contribution >= 0.6 is 0 Å². The first kappa shape index (κ1) is 13.3. The predicted molar refractivity (Wildman–Crippen MR) is 79.7 cm³/mol. The van der Waals surface area contributed by atoms with Crippen molar-refractivity contribution >= 4 is 16.7 Å². The third-order valence-corrected chi connectivity index (χ3v) is 4.12. The summed E-state index contributed by atoms with van der Waals surface area (Å²) in [7, 11) is 0. The van der Waals surface area contributed by atoms with Gasteiger partial charge in [0.05, 0.1) is 17.7 Å². The lowest BCUT2D eigenvalue weighted by atomic mass is 9.94. The minimum absolute atomic E-state index is 0.0155. The van der Waals surface area contributed by atoms with E-state index in [0.717, 1.165) is 48.2 Å². The Hall–Kier alpha value is -1.65. The summed E-state index contributed by atoms with van der Waals surface area (Å²) in [5.74, 6) is 0.892. The van der Waals surface area contributed by atoms with Crippen LogP contribution in [0.3, 0.4) is 0 Å². The van der Waals surface area contributed by atoms with Gasteiger partial charge in [0.2, 0.25) is 0 Å². The number of fused-ring (bicyclic) bond motifs is 1. The number of anilines is 1. The maximum Gasteiger partial charge on any atom is 0.129 e. The first-order valence-electron chi connectivity index (χ1n) is 7.06. The van der Waals surface area contributed by atoms with Gasteiger partial charge in [-0.1, -0.05) is 18.2 Å². The molecule has 0 bridgehead atoms. The van der Waals surface area contributed by atoms with Crippen molar-refractivity contribution in [2.75, 3.05) is 18.0 Å². The highest BCUT2D eigenvalue weighted by atomic mass is 16.3. The summed E-state index contributed by atoms with van der Waals surface area (Å²) in [6, 6.07) is 9.83. The van der Waals surface area contributed by atoms with Gasteiger partial charge in [-0.2, -0.15) is 0 Å². The molecule has 1 aliphatic heterocycles. The zero-order valence-corrected chi connectivity index (χ0v) is 11.7. The van der Waals surface area contributed by atoms with Gasteiger partial charge in [0.15, 0.2) is 0 Å². The average molecular weight is 272 g/mol. The van der Waals surface area contributed by atoms with Gasteiger partial charge in [-0.15, -0.1) is 0 Å². The highest BCUT2D eigenvalue weighted by Gasteiger charge is 2.28. The predicted octanol–water partition coefficient (Wildman–Crippen LogP) is 2.08. The van der Waals surface area contributed by atoms with E-state index in [-0.39, 0.29) is 6.61 Å². The molecule has 1 aromatic heterocycles. The molecule has 0 unspecified atom stereocenters. The van der Waals surface area contributed by atoms with E-state index in [1.165, 1.54) is 0 Å².